The Kier molecular flexibility index (Phi) is 54.1. The van der Waals surface area contributed by atoms with E-state index in [1.54, 1.807) is 66.7 Å². The normalized spacial score (nSPS) is 17.4. The number of hydrogen-bond acceptors (Lipinski definition) is 20. The smallest absolute Gasteiger partial charge is 0.181 e. The third-order valence-corrected chi connectivity index (χ3v) is 31.1. The predicted octanol–water partition coefficient (Wildman–Crippen LogP) is 21.6. The first kappa shape index (κ1) is 122. The van der Waals surface area contributed by atoms with Crippen molar-refractivity contribution in [3.8, 4) is 0 Å². The first-order chi connectivity index (χ1) is 57.7. The summed E-state index contributed by atoms with van der Waals surface area (Å²) in [5.74, 6) is 1.87. The largest absolute Gasteiger partial charge is 0.381 e. The molecule has 1 aliphatic heterocycles. The standard InChI is InChI=1S/C20H28O4S.C18H25ClO3S.C18H24O4S.C18H26O3S.C17H23ClO4S.2C3H5O.2CH4.2Y/c1-14(2)20(21)19(13-15-9-11-24-12-10-15)16-3-5-17(6-4-16)25(22,23)18-7-8-18;1-12(2)18(20)15(10-13-6-4-5-7-13)14-8-9-17(16(19)11-14)23(3,21)22;1-12(2)18(20)17(11-13-4-7-15(19)10-13)14-5-8-16(9-6-14)23(3,21)22;1-13(2)18(19)17(12-14-6-4-5-7-14)15-8-10-16(11-9-15)22(3,20)21;1-11(2)16(19)17(22-13-6-4-5-7-13)12-8-9-15(14(18)10-12)23(3,20)21;2*1-3(2)4;;;;/h3-6,14-15,18-19H,7-13H2,1-2H3;8-9,11-13,15H,4-7,10H2,1-3H3;5-6,8-9,12-13,17H,4,7,10-11H2,1-3H3;8-11,13-14,17H,4-7,12H2,1-3H3;8-11,13,17H,4-7H2,1-3H3;2*1H2,2H3;2*1H4;;/q;;;;;2*-1;;;;/t19-;15-;13?,17-;17-;;;;;;;/m1111......./s1. The zero-order valence-corrected chi connectivity index (χ0v) is 88.1. The van der Waals surface area contributed by atoms with E-state index in [1.807, 2.05) is 93.5 Å². The fourth-order valence-corrected chi connectivity index (χ4v) is 22.0. The first-order valence-corrected chi connectivity index (χ1v) is 53.6. The van der Waals surface area contributed by atoms with E-state index in [0.717, 1.165) is 125 Å². The van der Waals surface area contributed by atoms with Gasteiger partial charge in [0.2, 0.25) is 0 Å². The molecule has 20 nitrogen and oxygen atoms in total. The zero-order chi connectivity index (χ0) is 93.1. The number of carbonyl (C=O) groups excluding carboxylic acids is 8. The van der Waals surface area contributed by atoms with Crippen LogP contribution in [0.2, 0.25) is 10.0 Å². The molecular formula is C99H144Cl2O20S5Y2-2. The summed E-state index contributed by atoms with van der Waals surface area (Å²) >= 11 is 12.3. The Morgan fingerprint density at radius 2 is 0.664 bits per heavy atom. The Balaban J connectivity index is 0.000000776. The molecule has 0 spiro atoms. The van der Waals surface area contributed by atoms with Gasteiger partial charge in [0.1, 0.15) is 35.0 Å². The summed E-state index contributed by atoms with van der Waals surface area (Å²) in [5, 5.41) is 0.133. The van der Waals surface area contributed by atoms with Crippen LogP contribution >= 0.6 is 23.2 Å². The molecule has 1 heterocycles. The minimum Gasteiger partial charge on any atom is -0.381 e. The number of carbonyl (C=O) groups is 8. The van der Waals surface area contributed by atoms with E-state index in [2.05, 4.69) is 13.8 Å². The van der Waals surface area contributed by atoms with Crippen molar-refractivity contribution in [3.05, 3.63) is 161 Å². The number of ketones is 8. The Bertz CT molecular complexity index is 4850. The van der Waals surface area contributed by atoms with E-state index in [9.17, 15) is 80.4 Å². The molecule has 6 atom stereocenters. The third-order valence-electron chi connectivity index (χ3n) is 23.4. The van der Waals surface area contributed by atoms with Crippen LogP contribution in [0.3, 0.4) is 0 Å². The van der Waals surface area contributed by atoms with Gasteiger partial charge in [0, 0.05) is 170 Å². The van der Waals surface area contributed by atoms with Crippen molar-refractivity contribution in [1.82, 2.24) is 0 Å². The van der Waals surface area contributed by atoms with Crippen molar-refractivity contribution in [2.45, 2.75) is 311 Å². The average molecular weight is 2060 g/mol. The van der Waals surface area contributed by atoms with Gasteiger partial charge in [-0.25, -0.2) is 42.1 Å². The number of halogens is 2. The quantitative estimate of drug-likeness (QED) is 0.0372. The van der Waals surface area contributed by atoms with E-state index in [-0.39, 0.29) is 222 Å². The second kappa shape index (κ2) is 56.9. The topological polar surface area (TPSA) is 326 Å². The van der Waals surface area contributed by atoms with E-state index >= 15 is 0 Å². The Morgan fingerprint density at radius 3 is 0.953 bits per heavy atom. The Labute approximate surface area is 829 Å². The number of hydrogen-bond donors (Lipinski definition) is 0. The Hall–Kier alpha value is -4.34. The maximum absolute atomic E-state index is 12.8. The van der Waals surface area contributed by atoms with E-state index in [0.29, 0.717) is 52.4 Å². The number of benzene rings is 5. The van der Waals surface area contributed by atoms with Gasteiger partial charge in [-0.2, -0.15) is 0 Å². The van der Waals surface area contributed by atoms with Gasteiger partial charge in [0.25, 0.3) is 0 Å². The van der Waals surface area contributed by atoms with Crippen molar-refractivity contribution in [3.63, 3.8) is 0 Å². The van der Waals surface area contributed by atoms with E-state index in [4.69, 9.17) is 32.7 Å². The van der Waals surface area contributed by atoms with Gasteiger partial charge < -0.3 is 32.9 Å². The molecule has 11 rings (SSSR count). The van der Waals surface area contributed by atoms with Crippen molar-refractivity contribution in [2.24, 2.45) is 53.3 Å². The summed E-state index contributed by atoms with van der Waals surface area (Å²) < 4.78 is 129. The Morgan fingerprint density at radius 1 is 0.383 bits per heavy atom. The minimum absolute atomic E-state index is 0. The van der Waals surface area contributed by atoms with Crippen LogP contribution in [0, 0.1) is 67.1 Å². The molecule has 6 fully saturated rings. The second-order valence-electron chi connectivity index (χ2n) is 36.2. The maximum atomic E-state index is 12.8. The van der Waals surface area contributed by atoms with Gasteiger partial charge in [0.15, 0.2) is 55.0 Å². The number of ether oxygens (including phenoxy) is 2. The van der Waals surface area contributed by atoms with Crippen molar-refractivity contribution in [1.29, 1.82) is 0 Å². The van der Waals surface area contributed by atoms with Crippen LogP contribution in [-0.4, -0.2) is 138 Å². The average Bonchev–Trinajstić information content (AvgIpc) is 1.75. The monoisotopic (exact) mass is 2060 g/mol. The SMILES string of the molecule is C.C.CC(C)C(=O)C(OC1CCCC1)c1ccc(S(C)(=O)=O)c(Cl)c1.CC(C)C(=O)[C@H](CC1CCC(=O)C1)c1ccc(S(C)(=O)=O)cc1.CC(C)C(=O)[C@H](CC1CCCC1)c1ccc(S(C)(=O)=O)c(Cl)c1.CC(C)C(=O)[C@H](CC1CCCC1)c1ccc(S(C)(=O)=O)cc1.CC(C)C(=O)[C@H](CC1CCOCC1)c1ccc(S(=O)(=O)C2CC2)cc1.[CH2-]C(C)=O.[CH2-]C(C)=O.[Y].[Y]. The van der Waals surface area contributed by atoms with Crippen LogP contribution in [0.15, 0.2) is 134 Å². The molecule has 0 amide bonds. The van der Waals surface area contributed by atoms with Gasteiger partial charge in [-0.15, -0.1) is 0 Å². The van der Waals surface area contributed by atoms with Crippen LogP contribution in [0.5, 0.6) is 0 Å². The van der Waals surface area contributed by atoms with Crippen LogP contribution in [0.1, 0.15) is 303 Å². The van der Waals surface area contributed by atoms with E-state index in [1.165, 1.54) is 95.9 Å². The number of rotatable bonds is 31. The molecule has 128 heavy (non-hydrogen) atoms. The van der Waals surface area contributed by atoms with Gasteiger partial charge in [-0.1, -0.05) is 220 Å². The molecular weight excluding hydrogens is 1920 g/mol. The molecule has 1 saturated heterocycles. The van der Waals surface area contributed by atoms with Crippen molar-refractivity contribution < 1.29 is 155 Å². The molecule has 5 aromatic carbocycles. The fourth-order valence-electron chi connectivity index (χ4n) is 16.4. The summed E-state index contributed by atoms with van der Waals surface area (Å²) in [6.45, 7) is 29.4. The molecule has 6 aliphatic rings. The maximum Gasteiger partial charge on any atom is 0.181 e. The second-order valence-corrected chi connectivity index (χ2v) is 47.2. The third kappa shape index (κ3) is 40.7. The van der Waals surface area contributed by atoms with Gasteiger partial charge in [-0.05, 0) is 208 Å². The minimum atomic E-state index is -3.39. The predicted molar refractivity (Wildman–Crippen MR) is 505 cm³/mol. The van der Waals surface area contributed by atoms with Crippen LogP contribution < -0.4 is 0 Å². The fraction of sp³-hybridized carbons (Fsp3) is 0.596. The molecule has 2 unspecified atom stereocenters. The summed E-state index contributed by atoms with van der Waals surface area (Å²) in [7, 11) is -16.3. The van der Waals surface area contributed by atoms with Crippen molar-refractivity contribution in [2.75, 3.05) is 38.2 Å². The molecule has 5 saturated carbocycles. The molecule has 712 valence electrons. The molecule has 29 heteroatoms. The van der Waals surface area contributed by atoms with Crippen molar-refractivity contribution >= 4 is 119 Å². The number of Topliss-reactive ketones (excluding diaryl/α,β-unsaturated/α-hetero) is 8. The molecule has 5 aromatic rings. The van der Waals surface area contributed by atoms with Crippen LogP contribution in [0.4, 0.5) is 0 Å². The van der Waals surface area contributed by atoms with Gasteiger partial charge in [-0.3, -0.25) is 28.8 Å². The molecule has 5 aliphatic carbocycles. The molecule has 2 radical (unpaired) electrons. The van der Waals surface area contributed by atoms with E-state index < -0.39 is 55.3 Å². The molecule has 0 bridgehead atoms. The van der Waals surface area contributed by atoms with Gasteiger partial charge in [0.05, 0.1) is 45.9 Å². The summed E-state index contributed by atoms with van der Waals surface area (Å²) in [6.07, 6.45) is 26.7. The molecule has 0 N–H and O–H groups in total. The van der Waals surface area contributed by atoms with Crippen LogP contribution in [0.25, 0.3) is 0 Å². The summed E-state index contributed by atoms with van der Waals surface area (Å²) in [4.78, 5) is 94.5. The molecule has 0 aromatic heterocycles. The first-order valence-electron chi connectivity index (χ1n) is 43.7. The summed E-state index contributed by atoms with van der Waals surface area (Å²) in [5.41, 5.74) is 4.20. The zero-order valence-electron chi connectivity index (χ0n) is 76.8. The van der Waals surface area contributed by atoms with Gasteiger partial charge >= 0.3 is 0 Å². The summed E-state index contributed by atoms with van der Waals surface area (Å²) in [6, 6.07) is 30.1. The van der Waals surface area contributed by atoms with Crippen LogP contribution in [-0.2, 0) is 162 Å². The number of sulfone groups is 5.